The molecular formula is C16H27NO2S. The zero-order valence-electron chi connectivity index (χ0n) is 12.5. The van der Waals surface area contributed by atoms with Gasteiger partial charge >= 0.3 is 5.97 Å². The summed E-state index contributed by atoms with van der Waals surface area (Å²) in [6.45, 7) is 3.19. The maximum absolute atomic E-state index is 10.7. The number of carbonyl (C=O) groups is 1. The third-order valence-corrected chi connectivity index (χ3v) is 4.34. The number of thiophene rings is 1. The molecule has 0 amide bonds. The summed E-state index contributed by atoms with van der Waals surface area (Å²) in [7, 11) is 0. The molecule has 4 heteroatoms. The molecule has 0 atom stereocenters. The minimum Gasteiger partial charge on any atom is -0.477 e. The summed E-state index contributed by atoms with van der Waals surface area (Å²) in [5, 5.41) is 14.0. The van der Waals surface area contributed by atoms with E-state index < -0.39 is 5.97 Å². The molecule has 1 rings (SSSR count). The van der Waals surface area contributed by atoms with Crippen LogP contribution in [0.2, 0.25) is 0 Å². The van der Waals surface area contributed by atoms with Gasteiger partial charge in [-0.25, -0.2) is 4.79 Å². The molecule has 0 spiro atoms. The van der Waals surface area contributed by atoms with Gasteiger partial charge in [0.05, 0.1) is 0 Å². The van der Waals surface area contributed by atoms with Crippen molar-refractivity contribution in [2.24, 2.45) is 0 Å². The third kappa shape index (κ3) is 7.53. The maximum atomic E-state index is 10.7. The van der Waals surface area contributed by atoms with Crippen LogP contribution in [0.1, 0.15) is 74.4 Å². The van der Waals surface area contributed by atoms with Crippen LogP contribution in [0.4, 0.5) is 5.69 Å². The fraction of sp³-hybridized carbons (Fsp3) is 0.688. The van der Waals surface area contributed by atoms with Crippen molar-refractivity contribution in [1.82, 2.24) is 0 Å². The first-order chi connectivity index (χ1) is 9.74. The van der Waals surface area contributed by atoms with Gasteiger partial charge in [0.25, 0.3) is 0 Å². The normalized spacial score (nSPS) is 10.7. The average Bonchev–Trinajstić information content (AvgIpc) is 2.90. The predicted molar refractivity (Wildman–Crippen MR) is 87.0 cm³/mol. The highest BCUT2D eigenvalue weighted by Crippen LogP contribution is 2.19. The van der Waals surface area contributed by atoms with Crippen molar-refractivity contribution in [3.63, 3.8) is 0 Å². The molecule has 1 aromatic rings. The molecule has 0 bridgehead atoms. The lowest BCUT2D eigenvalue weighted by Crippen LogP contribution is -2.00. The SMILES string of the molecule is CCCCCCCCCCCNc1csc(C(=O)O)c1. The van der Waals surface area contributed by atoms with Gasteiger partial charge in [0.15, 0.2) is 0 Å². The Hall–Kier alpha value is -1.03. The van der Waals surface area contributed by atoms with Crippen molar-refractivity contribution >= 4 is 23.0 Å². The molecule has 1 heterocycles. The maximum Gasteiger partial charge on any atom is 0.345 e. The van der Waals surface area contributed by atoms with Crippen LogP contribution < -0.4 is 5.32 Å². The molecule has 0 fully saturated rings. The highest BCUT2D eigenvalue weighted by Gasteiger charge is 2.05. The Morgan fingerprint density at radius 3 is 2.25 bits per heavy atom. The van der Waals surface area contributed by atoms with Crippen LogP contribution in [-0.4, -0.2) is 17.6 Å². The van der Waals surface area contributed by atoms with Crippen LogP contribution in [0.25, 0.3) is 0 Å². The number of carboxylic acid groups (broad SMARTS) is 1. The lowest BCUT2D eigenvalue weighted by molar-refractivity contribution is 0.0702. The number of aromatic carboxylic acids is 1. The number of carboxylic acids is 1. The summed E-state index contributed by atoms with van der Waals surface area (Å²) >= 11 is 1.28. The van der Waals surface area contributed by atoms with Gasteiger partial charge in [0.1, 0.15) is 4.88 Å². The first-order valence-corrected chi connectivity index (χ1v) is 8.67. The van der Waals surface area contributed by atoms with Crippen molar-refractivity contribution in [3.05, 3.63) is 16.3 Å². The minimum absolute atomic E-state index is 0.402. The Balaban J connectivity index is 1.93. The van der Waals surface area contributed by atoms with Crippen LogP contribution in [-0.2, 0) is 0 Å². The molecule has 3 nitrogen and oxygen atoms in total. The number of nitrogens with one attached hydrogen (secondary N) is 1. The average molecular weight is 297 g/mol. The molecule has 0 saturated carbocycles. The van der Waals surface area contributed by atoms with Crippen LogP contribution in [0, 0.1) is 0 Å². The molecule has 0 aliphatic rings. The van der Waals surface area contributed by atoms with Crippen LogP contribution in [0.15, 0.2) is 11.4 Å². The third-order valence-electron chi connectivity index (χ3n) is 3.42. The topological polar surface area (TPSA) is 49.3 Å². The van der Waals surface area contributed by atoms with Gasteiger partial charge < -0.3 is 10.4 Å². The first kappa shape index (κ1) is 17.0. The van der Waals surface area contributed by atoms with Gasteiger partial charge in [0.2, 0.25) is 0 Å². The van der Waals surface area contributed by atoms with Crippen molar-refractivity contribution < 1.29 is 9.90 Å². The fourth-order valence-electron chi connectivity index (χ4n) is 2.21. The second-order valence-electron chi connectivity index (χ2n) is 5.26. The Morgan fingerprint density at radius 2 is 1.70 bits per heavy atom. The van der Waals surface area contributed by atoms with E-state index in [4.69, 9.17) is 5.11 Å². The molecule has 0 saturated heterocycles. The Bertz CT molecular complexity index is 376. The lowest BCUT2D eigenvalue weighted by atomic mass is 10.1. The summed E-state index contributed by atoms with van der Waals surface area (Å²) in [4.78, 5) is 11.1. The van der Waals surface area contributed by atoms with Gasteiger partial charge in [0, 0.05) is 17.6 Å². The van der Waals surface area contributed by atoms with Crippen molar-refractivity contribution in [2.75, 3.05) is 11.9 Å². The molecule has 0 radical (unpaired) electrons. The summed E-state index contributed by atoms with van der Waals surface area (Å²) in [5.74, 6) is -0.842. The Labute approximate surface area is 126 Å². The van der Waals surface area contributed by atoms with E-state index in [1.54, 1.807) is 6.07 Å². The van der Waals surface area contributed by atoms with E-state index in [1.165, 1.54) is 62.7 Å². The van der Waals surface area contributed by atoms with E-state index >= 15 is 0 Å². The van der Waals surface area contributed by atoms with Gasteiger partial charge in [-0.05, 0) is 12.5 Å². The number of hydrogen-bond acceptors (Lipinski definition) is 3. The molecule has 0 aliphatic heterocycles. The van der Waals surface area contributed by atoms with Gasteiger partial charge in [-0.1, -0.05) is 58.3 Å². The van der Waals surface area contributed by atoms with E-state index in [9.17, 15) is 4.79 Å². The van der Waals surface area contributed by atoms with Gasteiger partial charge in [-0.2, -0.15) is 0 Å². The van der Waals surface area contributed by atoms with Crippen molar-refractivity contribution in [2.45, 2.75) is 64.7 Å². The van der Waals surface area contributed by atoms with E-state index in [1.807, 2.05) is 5.38 Å². The number of hydrogen-bond donors (Lipinski definition) is 2. The molecule has 0 aromatic carbocycles. The smallest absolute Gasteiger partial charge is 0.345 e. The molecule has 20 heavy (non-hydrogen) atoms. The summed E-state index contributed by atoms with van der Waals surface area (Å²) in [5.41, 5.74) is 0.937. The quantitative estimate of drug-likeness (QED) is 0.509. The van der Waals surface area contributed by atoms with Crippen molar-refractivity contribution in [3.8, 4) is 0 Å². The fourth-order valence-corrected chi connectivity index (χ4v) is 2.91. The standard InChI is InChI=1S/C16H27NO2S/c1-2-3-4-5-6-7-8-9-10-11-17-14-12-15(16(18)19)20-13-14/h12-13,17H,2-11H2,1H3,(H,18,19). The van der Waals surface area contributed by atoms with Crippen LogP contribution in [0.5, 0.6) is 0 Å². The first-order valence-electron chi connectivity index (χ1n) is 7.79. The summed E-state index contributed by atoms with van der Waals surface area (Å²) in [6.07, 6.45) is 11.9. The zero-order chi connectivity index (χ0) is 14.6. The molecule has 0 unspecified atom stereocenters. The van der Waals surface area contributed by atoms with E-state index in [0.29, 0.717) is 4.88 Å². The van der Waals surface area contributed by atoms with E-state index in [0.717, 1.165) is 18.7 Å². The molecule has 2 N–H and O–H groups in total. The molecular weight excluding hydrogens is 270 g/mol. The van der Waals surface area contributed by atoms with Crippen LogP contribution in [0.3, 0.4) is 0 Å². The number of unbranched alkanes of at least 4 members (excludes halogenated alkanes) is 8. The minimum atomic E-state index is -0.842. The molecule has 1 aromatic heterocycles. The van der Waals surface area contributed by atoms with Gasteiger partial charge in [-0.15, -0.1) is 11.3 Å². The number of rotatable bonds is 12. The molecule has 0 aliphatic carbocycles. The van der Waals surface area contributed by atoms with Crippen LogP contribution >= 0.6 is 11.3 Å². The second-order valence-corrected chi connectivity index (χ2v) is 6.17. The Kier molecular flexibility index (Phi) is 9.13. The van der Waals surface area contributed by atoms with E-state index in [2.05, 4.69) is 12.2 Å². The number of anilines is 1. The zero-order valence-corrected chi connectivity index (χ0v) is 13.3. The highest BCUT2D eigenvalue weighted by molar-refractivity contribution is 7.12. The van der Waals surface area contributed by atoms with E-state index in [-0.39, 0.29) is 0 Å². The molecule has 114 valence electrons. The summed E-state index contributed by atoms with van der Waals surface area (Å²) in [6, 6.07) is 1.71. The monoisotopic (exact) mass is 297 g/mol. The van der Waals surface area contributed by atoms with Crippen molar-refractivity contribution in [1.29, 1.82) is 0 Å². The largest absolute Gasteiger partial charge is 0.477 e. The van der Waals surface area contributed by atoms with Gasteiger partial charge in [-0.3, -0.25) is 0 Å². The predicted octanol–water partition coefficient (Wildman–Crippen LogP) is 5.39. The highest BCUT2D eigenvalue weighted by atomic mass is 32.1. The lowest BCUT2D eigenvalue weighted by Gasteiger charge is -2.04. The summed E-state index contributed by atoms with van der Waals surface area (Å²) < 4.78 is 0. The second kappa shape index (κ2) is 10.7. The Morgan fingerprint density at radius 1 is 1.10 bits per heavy atom.